The molecule has 54 heavy (non-hydrogen) atoms. The van der Waals surface area contributed by atoms with Crippen molar-refractivity contribution in [2.24, 2.45) is 0 Å². The van der Waals surface area contributed by atoms with E-state index in [9.17, 15) is 14.4 Å². The molecular weight excluding hydrogens is 673 g/mol. The zero-order valence-corrected chi connectivity index (χ0v) is 34.7. The van der Waals surface area contributed by atoms with Gasteiger partial charge in [-0.25, -0.2) is 0 Å². The fourth-order valence-electron chi connectivity index (χ4n) is 5.50. The summed E-state index contributed by atoms with van der Waals surface area (Å²) in [5.41, 5.74) is 0. The largest absolute Gasteiger partial charge is 0.462 e. The van der Waals surface area contributed by atoms with Crippen LogP contribution in [0, 0.1) is 0 Å². The number of esters is 3. The van der Waals surface area contributed by atoms with E-state index in [0.717, 1.165) is 83.5 Å². The molecule has 0 saturated carbocycles. The van der Waals surface area contributed by atoms with Gasteiger partial charge in [0.2, 0.25) is 0 Å². The summed E-state index contributed by atoms with van der Waals surface area (Å²) >= 11 is 0. The third kappa shape index (κ3) is 39.8. The summed E-state index contributed by atoms with van der Waals surface area (Å²) in [6.45, 7) is 6.22. The van der Waals surface area contributed by atoms with Crippen LogP contribution < -0.4 is 0 Å². The maximum atomic E-state index is 12.7. The van der Waals surface area contributed by atoms with E-state index in [1.54, 1.807) is 6.08 Å². The Balaban J connectivity index is 4.47. The number of hydrogen-bond acceptors (Lipinski definition) is 6. The highest BCUT2D eigenvalue weighted by molar-refractivity contribution is 5.72. The van der Waals surface area contributed by atoms with Crippen LogP contribution in [0.5, 0.6) is 0 Å². The first-order valence-corrected chi connectivity index (χ1v) is 21.6. The average molecular weight is 751 g/mol. The lowest BCUT2D eigenvalue weighted by molar-refractivity contribution is -0.166. The van der Waals surface area contributed by atoms with Crippen molar-refractivity contribution in [2.45, 2.75) is 187 Å². The van der Waals surface area contributed by atoms with Crippen LogP contribution in [0.3, 0.4) is 0 Å². The molecule has 1 unspecified atom stereocenters. The molecule has 6 nitrogen and oxygen atoms in total. The Morgan fingerprint density at radius 3 is 1.48 bits per heavy atom. The van der Waals surface area contributed by atoms with E-state index in [2.05, 4.69) is 93.7 Å². The Hall–Kier alpha value is -3.41. The topological polar surface area (TPSA) is 78.9 Å². The minimum absolute atomic E-state index is 0.114. The van der Waals surface area contributed by atoms with Crippen LogP contribution in [0.4, 0.5) is 0 Å². The first-order valence-electron chi connectivity index (χ1n) is 21.6. The van der Waals surface area contributed by atoms with Gasteiger partial charge in [-0.05, 0) is 77.0 Å². The quantitative estimate of drug-likeness (QED) is 0.0207. The van der Waals surface area contributed by atoms with Gasteiger partial charge in [-0.15, -0.1) is 0 Å². The number of carbonyl (C=O) groups is 3. The van der Waals surface area contributed by atoms with E-state index < -0.39 is 12.1 Å². The van der Waals surface area contributed by atoms with Gasteiger partial charge in [0.05, 0.1) is 6.42 Å². The van der Waals surface area contributed by atoms with Crippen molar-refractivity contribution >= 4 is 17.9 Å². The Morgan fingerprint density at radius 1 is 0.426 bits per heavy atom. The molecule has 0 radical (unpaired) electrons. The number of ether oxygens (including phenoxy) is 3. The molecule has 0 saturated heterocycles. The Bertz CT molecular complexity index is 1090. The fraction of sp³-hybridized carbons (Fsp3) is 0.646. The summed E-state index contributed by atoms with van der Waals surface area (Å²) in [6, 6.07) is 0. The van der Waals surface area contributed by atoms with Crippen LogP contribution in [0.1, 0.15) is 181 Å². The van der Waals surface area contributed by atoms with Gasteiger partial charge in [-0.1, -0.05) is 170 Å². The van der Waals surface area contributed by atoms with Gasteiger partial charge < -0.3 is 14.2 Å². The number of hydrogen-bond donors (Lipinski definition) is 0. The second kappa shape index (κ2) is 42.3. The van der Waals surface area contributed by atoms with Crippen molar-refractivity contribution in [1.82, 2.24) is 0 Å². The maximum absolute atomic E-state index is 12.7. The monoisotopic (exact) mass is 751 g/mol. The van der Waals surface area contributed by atoms with E-state index in [0.29, 0.717) is 12.8 Å². The van der Waals surface area contributed by atoms with Crippen molar-refractivity contribution < 1.29 is 28.6 Å². The first kappa shape index (κ1) is 50.6. The molecule has 0 bridgehead atoms. The molecule has 0 rings (SSSR count). The van der Waals surface area contributed by atoms with Gasteiger partial charge in [-0.2, -0.15) is 0 Å². The van der Waals surface area contributed by atoms with Gasteiger partial charge >= 0.3 is 17.9 Å². The number of rotatable bonds is 37. The molecule has 0 aliphatic carbocycles. The zero-order valence-electron chi connectivity index (χ0n) is 34.7. The molecule has 306 valence electrons. The van der Waals surface area contributed by atoms with Gasteiger partial charge in [0.25, 0.3) is 0 Å². The van der Waals surface area contributed by atoms with Crippen molar-refractivity contribution in [1.29, 1.82) is 0 Å². The summed E-state index contributed by atoms with van der Waals surface area (Å²) in [7, 11) is 0. The van der Waals surface area contributed by atoms with Gasteiger partial charge in [-0.3, -0.25) is 14.4 Å². The van der Waals surface area contributed by atoms with Crippen LogP contribution in [0.15, 0.2) is 85.1 Å². The summed E-state index contributed by atoms with van der Waals surface area (Å²) < 4.78 is 16.5. The lowest BCUT2D eigenvalue weighted by atomic mass is 10.1. The molecule has 0 aliphatic rings. The number of unbranched alkanes of at least 4 members (excludes halogenated alkanes) is 15. The number of allylic oxidation sites excluding steroid dienone is 13. The molecule has 0 aromatic carbocycles. The molecule has 0 heterocycles. The highest BCUT2D eigenvalue weighted by atomic mass is 16.6. The molecule has 6 heteroatoms. The van der Waals surface area contributed by atoms with Crippen LogP contribution >= 0.6 is 0 Å². The van der Waals surface area contributed by atoms with Crippen molar-refractivity contribution in [3.63, 3.8) is 0 Å². The Labute approximate surface area is 331 Å². The summed E-state index contributed by atoms with van der Waals surface area (Å²) in [6.07, 6.45) is 53.1. The molecule has 0 amide bonds. The van der Waals surface area contributed by atoms with E-state index in [1.165, 1.54) is 57.8 Å². The minimum Gasteiger partial charge on any atom is -0.462 e. The van der Waals surface area contributed by atoms with Crippen molar-refractivity contribution in [3.05, 3.63) is 85.1 Å². The summed E-state index contributed by atoms with van der Waals surface area (Å²) in [5, 5.41) is 0. The molecule has 1 atom stereocenters. The molecule has 0 fully saturated rings. The standard InChI is InChI=1S/C48H78O6/c1-4-7-10-13-16-19-21-23-24-25-27-29-32-35-38-41-47(50)53-44-45(43-52-46(49)40-37-34-31-28-18-15-12-9-6-3)54-48(51)42-39-36-33-30-26-22-20-17-14-11-8-5-2/h7,9-10,12-13,16-21,28,34,37,45H,4-6,8,11,14-15,22-27,29-33,35-36,38-44H2,1-3H3/b10-7-,12-9-,16-13-,20-17-,21-19-,28-18-,37-34-. The van der Waals surface area contributed by atoms with Gasteiger partial charge in [0.15, 0.2) is 6.10 Å². The van der Waals surface area contributed by atoms with E-state index >= 15 is 0 Å². The van der Waals surface area contributed by atoms with Crippen molar-refractivity contribution in [3.8, 4) is 0 Å². The van der Waals surface area contributed by atoms with Crippen LogP contribution in [0.25, 0.3) is 0 Å². The highest BCUT2D eigenvalue weighted by Gasteiger charge is 2.19. The lowest BCUT2D eigenvalue weighted by Crippen LogP contribution is -2.30. The predicted octanol–water partition coefficient (Wildman–Crippen LogP) is 13.7. The van der Waals surface area contributed by atoms with Crippen LogP contribution in [-0.4, -0.2) is 37.2 Å². The molecule has 0 aliphatic heterocycles. The SMILES string of the molecule is CC\C=C/C=C\C=C/CCCCCCCCCC(=O)OCC(COC(=O)C/C=C\C/C=C\C/C=C\CC)OC(=O)CCCCCCC/C=C\CCCCC. The molecule has 0 spiro atoms. The van der Waals surface area contributed by atoms with Crippen molar-refractivity contribution in [2.75, 3.05) is 13.2 Å². The highest BCUT2D eigenvalue weighted by Crippen LogP contribution is 2.12. The predicted molar refractivity (Wildman–Crippen MR) is 228 cm³/mol. The maximum Gasteiger partial charge on any atom is 0.309 e. The molecule has 0 aromatic heterocycles. The minimum atomic E-state index is -0.818. The van der Waals surface area contributed by atoms with E-state index in [1.807, 2.05) is 6.08 Å². The zero-order chi connectivity index (χ0) is 39.4. The van der Waals surface area contributed by atoms with E-state index in [-0.39, 0.29) is 31.6 Å². The molecule has 0 N–H and O–H groups in total. The smallest absolute Gasteiger partial charge is 0.309 e. The van der Waals surface area contributed by atoms with E-state index in [4.69, 9.17) is 14.2 Å². The normalized spacial score (nSPS) is 12.9. The second-order valence-electron chi connectivity index (χ2n) is 13.9. The fourth-order valence-corrected chi connectivity index (χ4v) is 5.50. The Kier molecular flexibility index (Phi) is 39.7. The van der Waals surface area contributed by atoms with Gasteiger partial charge in [0, 0.05) is 12.8 Å². The third-order valence-corrected chi connectivity index (χ3v) is 8.71. The Morgan fingerprint density at radius 2 is 0.889 bits per heavy atom. The number of carbonyl (C=O) groups excluding carboxylic acids is 3. The molecular formula is C48H78O6. The average Bonchev–Trinajstić information content (AvgIpc) is 3.17. The third-order valence-electron chi connectivity index (χ3n) is 8.71. The van der Waals surface area contributed by atoms with Crippen LogP contribution in [-0.2, 0) is 28.6 Å². The second-order valence-corrected chi connectivity index (χ2v) is 13.9. The van der Waals surface area contributed by atoms with Crippen LogP contribution in [0.2, 0.25) is 0 Å². The summed E-state index contributed by atoms with van der Waals surface area (Å²) in [4.78, 5) is 37.5. The summed E-state index contributed by atoms with van der Waals surface area (Å²) in [5.74, 6) is -1.07. The molecule has 0 aromatic rings. The lowest BCUT2D eigenvalue weighted by Gasteiger charge is -2.18. The first-order chi connectivity index (χ1) is 26.5. The van der Waals surface area contributed by atoms with Gasteiger partial charge in [0.1, 0.15) is 13.2 Å².